The maximum absolute atomic E-state index is 13.3. The van der Waals surface area contributed by atoms with E-state index in [1.165, 1.54) is 29.2 Å². The smallest absolute Gasteiger partial charge is 0.344 e. The zero-order valence-corrected chi connectivity index (χ0v) is 21.4. The molecule has 2 heterocycles. The van der Waals surface area contributed by atoms with Gasteiger partial charge in [-0.15, -0.1) is 12.1 Å². The van der Waals surface area contributed by atoms with Crippen molar-refractivity contribution in [3.05, 3.63) is 90.6 Å². The first kappa shape index (κ1) is 25.3. The molecule has 2 aromatic rings. The van der Waals surface area contributed by atoms with Crippen LogP contribution >= 0.6 is 0 Å². The molecule has 0 radical (unpaired) electrons. The SMILES string of the molecule is C=CCC#C[CH2-].O=C1NC(=O)C(CN2Cc3c[c-]ccc3C2=O)(c2ccc(F)cc2)N1.[U+2]. The molecular formula is C24H20FN3O3U. The predicted molar refractivity (Wildman–Crippen MR) is 113 cm³/mol. The number of nitrogens with zero attached hydrogens (tertiary/aromatic N) is 1. The van der Waals surface area contributed by atoms with Crippen molar-refractivity contribution >= 4 is 17.8 Å². The Kier molecular flexibility index (Phi) is 8.72. The summed E-state index contributed by atoms with van der Waals surface area (Å²) in [5, 5.41) is 4.81. The number of amides is 4. The molecule has 0 aliphatic carbocycles. The number of hydrogen-bond acceptors (Lipinski definition) is 3. The molecule has 6 nitrogen and oxygen atoms in total. The van der Waals surface area contributed by atoms with Gasteiger partial charge in [-0.1, -0.05) is 30.2 Å². The van der Waals surface area contributed by atoms with E-state index in [0.29, 0.717) is 17.7 Å². The Morgan fingerprint density at radius 3 is 2.50 bits per heavy atom. The second-order valence-corrected chi connectivity index (χ2v) is 6.91. The van der Waals surface area contributed by atoms with E-state index in [4.69, 9.17) is 0 Å². The first-order valence-electron chi connectivity index (χ1n) is 9.45. The molecule has 1 unspecified atom stereocenters. The van der Waals surface area contributed by atoms with Crippen molar-refractivity contribution in [3.63, 3.8) is 0 Å². The quantitative estimate of drug-likeness (QED) is 0.230. The van der Waals surface area contributed by atoms with Crippen LogP contribution < -0.4 is 10.6 Å². The van der Waals surface area contributed by atoms with Crippen LogP contribution in [-0.2, 0) is 16.9 Å². The number of carbonyl (C=O) groups is 3. The Morgan fingerprint density at radius 2 is 1.97 bits per heavy atom. The normalized spacial score (nSPS) is 18.2. The Hall–Kier alpha value is -3.00. The van der Waals surface area contributed by atoms with Crippen LogP contribution in [0.4, 0.5) is 9.18 Å². The number of nitrogens with one attached hydrogen (secondary N) is 2. The van der Waals surface area contributed by atoms with Crippen molar-refractivity contribution in [1.82, 2.24) is 15.5 Å². The van der Waals surface area contributed by atoms with Gasteiger partial charge in [0.15, 0.2) is 5.54 Å². The van der Waals surface area contributed by atoms with Gasteiger partial charge in [-0.05, 0) is 17.7 Å². The molecule has 0 bridgehead atoms. The van der Waals surface area contributed by atoms with E-state index < -0.39 is 23.3 Å². The molecular weight excluding hydrogens is 635 g/mol. The van der Waals surface area contributed by atoms with Crippen molar-refractivity contribution in [1.29, 1.82) is 0 Å². The van der Waals surface area contributed by atoms with Crippen molar-refractivity contribution < 1.29 is 49.9 Å². The minimum Gasteiger partial charge on any atom is -0.344 e. The number of urea groups is 1. The number of rotatable bonds is 4. The molecule has 1 atom stereocenters. The Labute approximate surface area is 210 Å². The Balaban J connectivity index is 0.000000461. The van der Waals surface area contributed by atoms with Crippen molar-refractivity contribution in [2.45, 2.75) is 18.5 Å². The fourth-order valence-electron chi connectivity index (χ4n) is 3.44. The van der Waals surface area contributed by atoms with Gasteiger partial charge in [-0.3, -0.25) is 20.8 Å². The minimum atomic E-state index is -1.45. The van der Waals surface area contributed by atoms with E-state index in [2.05, 4.69) is 42.0 Å². The summed E-state index contributed by atoms with van der Waals surface area (Å²) >= 11 is 0. The zero-order chi connectivity index (χ0) is 22.4. The van der Waals surface area contributed by atoms with Crippen molar-refractivity contribution in [2.75, 3.05) is 6.54 Å². The van der Waals surface area contributed by atoms with Crippen LogP contribution in [0.3, 0.4) is 0 Å². The summed E-state index contributed by atoms with van der Waals surface area (Å²) < 4.78 is 13.3. The standard InChI is InChI=1S/C18H13FN3O3.C6H7.U/c19-13-7-5-12(6-8-13)18(16(24)20-17(25)21-18)10-22-9-11-3-1-2-4-14(11)15(22)23;1-3-5-6-4-2;/h2-8H,9-10H2,(H2,20,21,24,25);3H,1-2,5H2;/q2*-1;+2. The predicted octanol–water partition coefficient (Wildman–Crippen LogP) is 2.72. The molecule has 0 spiro atoms. The van der Waals surface area contributed by atoms with E-state index in [-0.39, 0.29) is 43.6 Å². The Morgan fingerprint density at radius 1 is 1.25 bits per heavy atom. The van der Waals surface area contributed by atoms with Gasteiger partial charge < -0.3 is 16.1 Å². The molecule has 1 fully saturated rings. The molecule has 2 aliphatic heterocycles. The van der Waals surface area contributed by atoms with Gasteiger partial charge in [0.25, 0.3) is 5.91 Å². The summed E-state index contributed by atoms with van der Waals surface area (Å²) in [5.41, 5.74) is 0.323. The van der Waals surface area contributed by atoms with Gasteiger partial charge >= 0.3 is 37.1 Å². The van der Waals surface area contributed by atoms with Crippen LogP contribution in [0.2, 0.25) is 0 Å². The summed E-state index contributed by atoms with van der Waals surface area (Å²) in [5.74, 6) is 3.97. The molecule has 0 aromatic heterocycles. The number of allylic oxidation sites excluding steroid dienone is 1. The van der Waals surface area contributed by atoms with E-state index in [9.17, 15) is 18.8 Å². The average molecular weight is 655 g/mol. The van der Waals surface area contributed by atoms with Gasteiger partial charge in [0.2, 0.25) is 5.91 Å². The van der Waals surface area contributed by atoms with Crippen LogP contribution in [0.15, 0.2) is 55.1 Å². The third-order valence-corrected chi connectivity index (χ3v) is 4.91. The summed E-state index contributed by atoms with van der Waals surface area (Å²) in [6.45, 7) is 7.05. The summed E-state index contributed by atoms with van der Waals surface area (Å²) in [6.07, 6.45) is 2.50. The third-order valence-electron chi connectivity index (χ3n) is 4.91. The molecule has 160 valence electrons. The molecule has 2 aromatic carbocycles. The number of fused-ring (bicyclic) bond motifs is 1. The van der Waals surface area contributed by atoms with E-state index in [0.717, 1.165) is 12.0 Å². The number of benzene rings is 2. The first-order chi connectivity index (χ1) is 14.9. The van der Waals surface area contributed by atoms with Crippen molar-refractivity contribution in [2.24, 2.45) is 0 Å². The number of carbonyl (C=O) groups excluding carboxylic acids is 3. The first-order valence-corrected chi connectivity index (χ1v) is 9.45. The molecule has 32 heavy (non-hydrogen) atoms. The van der Waals surface area contributed by atoms with Gasteiger partial charge in [0.1, 0.15) is 5.82 Å². The Bertz CT molecular complexity index is 1090. The summed E-state index contributed by atoms with van der Waals surface area (Å²) in [7, 11) is 0. The van der Waals surface area contributed by atoms with E-state index in [1.54, 1.807) is 24.3 Å². The van der Waals surface area contributed by atoms with Crippen LogP contribution in [-0.4, -0.2) is 29.3 Å². The molecule has 4 amide bonds. The van der Waals surface area contributed by atoms with Crippen LogP contribution in [0.25, 0.3) is 0 Å². The van der Waals surface area contributed by atoms with Crippen LogP contribution in [0, 0.1) is 61.8 Å². The van der Waals surface area contributed by atoms with E-state index in [1.807, 2.05) is 0 Å². The molecule has 8 heteroatoms. The molecule has 2 aliphatic rings. The summed E-state index contributed by atoms with van der Waals surface area (Å²) in [4.78, 5) is 38.4. The minimum absolute atomic E-state index is 0. The van der Waals surface area contributed by atoms with Crippen LogP contribution in [0.5, 0.6) is 0 Å². The molecule has 4 rings (SSSR count). The fourth-order valence-corrected chi connectivity index (χ4v) is 3.44. The maximum atomic E-state index is 13.3. The monoisotopic (exact) mass is 655 g/mol. The van der Waals surface area contributed by atoms with E-state index >= 15 is 0 Å². The summed E-state index contributed by atoms with van der Waals surface area (Å²) in [6, 6.07) is 12.6. The number of imide groups is 1. The maximum Gasteiger partial charge on any atom is 2.00 e. The second kappa shape index (κ2) is 11.0. The molecule has 2 N–H and O–H groups in total. The molecule has 1 saturated heterocycles. The van der Waals surface area contributed by atoms with Gasteiger partial charge in [0, 0.05) is 6.54 Å². The fraction of sp³-hybridized carbons (Fsp3) is 0.167. The number of halogens is 1. The number of hydrogen-bond donors (Lipinski definition) is 2. The topological polar surface area (TPSA) is 78.5 Å². The third kappa shape index (κ3) is 5.24. The largest absolute Gasteiger partial charge is 2.00 e. The second-order valence-electron chi connectivity index (χ2n) is 6.91. The van der Waals surface area contributed by atoms with Gasteiger partial charge in [-0.25, -0.2) is 9.18 Å². The van der Waals surface area contributed by atoms with Gasteiger partial charge in [-0.2, -0.15) is 31.2 Å². The van der Waals surface area contributed by atoms with Crippen molar-refractivity contribution in [3.8, 4) is 11.8 Å². The van der Waals surface area contributed by atoms with Gasteiger partial charge in [0.05, 0.1) is 6.54 Å². The average Bonchev–Trinajstić information content (AvgIpc) is 3.23. The van der Waals surface area contributed by atoms with Crippen LogP contribution in [0.1, 0.15) is 27.9 Å². The molecule has 0 saturated carbocycles. The zero-order valence-electron chi connectivity index (χ0n) is 17.2.